The van der Waals surface area contributed by atoms with E-state index in [2.05, 4.69) is 5.32 Å². The second kappa shape index (κ2) is 6.95. The molecule has 1 N–H and O–H groups in total. The normalized spacial score (nSPS) is 19.5. The van der Waals surface area contributed by atoms with Gasteiger partial charge in [-0.05, 0) is 17.2 Å². The topological polar surface area (TPSA) is 52.7 Å². The molecule has 0 radical (unpaired) electrons. The average molecular weight is 401 g/mol. The number of carbonyl (C=O) groups excluding carboxylic acids is 2. The Morgan fingerprint density at radius 3 is 2.38 bits per heavy atom. The number of hydrogen-bond donors (Lipinski definition) is 1. The Morgan fingerprint density at radius 1 is 1.03 bits per heavy atom. The molecular weight excluding hydrogens is 383 g/mol. The third-order valence-electron chi connectivity index (χ3n) is 5.23. The molecule has 2 aliphatic heterocycles. The van der Waals surface area contributed by atoms with Crippen molar-refractivity contribution in [1.82, 2.24) is 15.1 Å². The van der Waals surface area contributed by atoms with Crippen LogP contribution in [0.4, 0.5) is 18.0 Å². The van der Waals surface area contributed by atoms with Gasteiger partial charge in [-0.15, -0.1) is 0 Å². The maximum atomic E-state index is 13.5. The van der Waals surface area contributed by atoms with Crippen LogP contribution in [0.3, 0.4) is 0 Å². The first-order valence-corrected chi connectivity index (χ1v) is 9.04. The highest BCUT2D eigenvalue weighted by atomic mass is 19.4. The molecule has 0 bridgehead atoms. The lowest BCUT2D eigenvalue weighted by molar-refractivity contribution is -0.138. The van der Waals surface area contributed by atoms with E-state index in [1.54, 1.807) is 4.90 Å². The lowest BCUT2D eigenvalue weighted by Crippen LogP contribution is -2.45. The number of amides is 3. The van der Waals surface area contributed by atoms with Gasteiger partial charge >= 0.3 is 12.2 Å². The summed E-state index contributed by atoms with van der Waals surface area (Å²) in [6.45, 7) is 0.472. The van der Waals surface area contributed by atoms with Gasteiger partial charge in [-0.3, -0.25) is 9.69 Å². The largest absolute Gasteiger partial charge is 0.416 e. The fraction of sp³-hybridized carbons (Fsp3) is 0.238. The molecule has 8 heteroatoms. The van der Waals surface area contributed by atoms with Crippen molar-refractivity contribution >= 4 is 11.9 Å². The lowest BCUT2D eigenvalue weighted by atomic mass is 9.92. The predicted octanol–water partition coefficient (Wildman–Crippen LogP) is 3.70. The van der Waals surface area contributed by atoms with E-state index in [0.717, 1.165) is 11.6 Å². The Hall–Kier alpha value is -3.29. The zero-order chi connectivity index (χ0) is 20.8. The van der Waals surface area contributed by atoms with Crippen LogP contribution < -0.4 is 5.32 Å². The number of nitrogens with zero attached hydrogens (tertiary/aromatic N) is 2. The third kappa shape index (κ3) is 3.35. The van der Waals surface area contributed by atoms with Crippen molar-refractivity contribution in [3.63, 3.8) is 0 Å². The molecule has 2 heterocycles. The summed E-state index contributed by atoms with van der Waals surface area (Å²) in [5.74, 6) is -0.377. The van der Waals surface area contributed by atoms with E-state index >= 15 is 0 Å². The molecule has 0 fully saturated rings. The summed E-state index contributed by atoms with van der Waals surface area (Å²) in [5.41, 5.74) is 0.506. The van der Waals surface area contributed by atoms with Gasteiger partial charge in [-0.25, -0.2) is 4.79 Å². The quantitative estimate of drug-likeness (QED) is 0.853. The molecule has 4 rings (SSSR count). The van der Waals surface area contributed by atoms with Gasteiger partial charge in [0.1, 0.15) is 0 Å². The molecule has 2 aromatic rings. The first kappa shape index (κ1) is 19.0. The minimum Gasteiger partial charge on any atom is -0.329 e. The predicted molar refractivity (Wildman–Crippen MR) is 99.4 cm³/mol. The molecule has 0 spiro atoms. The van der Waals surface area contributed by atoms with Crippen LogP contribution in [0.5, 0.6) is 0 Å². The van der Waals surface area contributed by atoms with E-state index < -0.39 is 23.8 Å². The van der Waals surface area contributed by atoms with Gasteiger partial charge in [0.05, 0.1) is 29.4 Å². The zero-order valence-electron chi connectivity index (χ0n) is 15.5. The van der Waals surface area contributed by atoms with Crippen molar-refractivity contribution in [1.29, 1.82) is 0 Å². The van der Waals surface area contributed by atoms with Gasteiger partial charge in [-0.2, -0.15) is 13.2 Å². The zero-order valence-corrected chi connectivity index (χ0v) is 15.5. The molecule has 5 nitrogen and oxygen atoms in total. The molecule has 0 saturated heterocycles. The number of alkyl halides is 3. The van der Waals surface area contributed by atoms with Gasteiger partial charge in [0.25, 0.3) is 5.91 Å². The molecule has 0 saturated carbocycles. The van der Waals surface area contributed by atoms with Crippen molar-refractivity contribution in [3.05, 3.63) is 82.6 Å². The standard InChI is InChI=1S/C21H18F3N3O2/c1-26-16-12-27(11-13-7-3-2-4-8-13)19(28)17(16)18(25-20(26)29)14-9-5-6-10-15(14)21(22,23)24/h2-10,18H,11-12H2,1H3,(H,25,29)/t18-/m1/s1. The first-order chi connectivity index (χ1) is 13.8. The number of hydrogen-bond acceptors (Lipinski definition) is 2. The SMILES string of the molecule is CN1C(=O)N[C@H](c2ccccc2C(F)(F)F)C2=C1CN(Cc1ccccc1)C2=O. The monoisotopic (exact) mass is 401 g/mol. The van der Waals surface area contributed by atoms with E-state index in [-0.39, 0.29) is 23.6 Å². The number of rotatable bonds is 3. The maximum absolute atomic E-state index is 13.5. The van der Waals surface area contributed by atoms with E-state index in [0.29, 0.717) is 12.2 Å². The van der Waals surface area contributed by atoms with Crippen molar-refractivity contribution in [3.8, 4) is 0 Å². The number of urea groups is 1. The van der Waals surface area contributed by atoms with Crippen molar-refractivity contribution in [2.75, 3.05) is 13.6 Å². The Balaban J connectivity index is 1.74. The Morgan fingerprint density at radius 2 is 1.69 bits per heavy atom. The third-order valence-corrected chi connectivity index (χ3v) is 5.23. The molecule has 0 aromatic heterocycles. The van der Waals surface area contributed by atoms with Gasteiger partial charge in [0, 0.05) is 13.6 Å². The van der Waals surface area contributed by atoms with Crippen LogP contribution in [0.1, 0.15) is 22.7 Å². The molecule has 29 heavy (non-hydrogen) atoms. The molecule has 150 valence electrons. The molecule has 3 amide bonds. The molecule has 0 aliphatic carbocycles. The lowest BCUT2D eigenvalue weighted by Gasteiger charge is -2.32. The average Bonchev–Trinajstić information content (AvgIpc) is 3.01. The second-order valence-corrected chi connectivity index (χ2v) is 7.03. The summed E-state index contributed by atoms with van der Waals surface area (Å²) in [5, 5.41) is 2.56. The summed E-state index contributed by atoms with van der Waals surface area (Å²) in [6, 6.07) is 12.6. The van der Waals surface area contributed by atoms with Crippen LogP contribution in [0.2, 0.25) is 0 Å². The first-order valence-electron chi connectivity index (χ1n) is 9.04. The van der Waals surface area contributed by atoms with E-state index in [9.17, 15) is 22.8 Å². The van der Waals surface area contributed by atoms with Gasteiger partial charge in [-0.1, -0.05) is 48.5 Å². The number of nitrogens with one attached hydrogen (secondary N) is 1. The van der Waals surface area contributed by atoms with E-state index in [4.69, 9.17) is 0 Å². The van der Waals surface area contributed by atoms with Crippen LogP contribution >= 0.6 is 0 Å². The number of likely N-dealkylation sites (N-methyl/N-ethyl adjacent to an activating group) is 1. The fourth-order valence-corrected chi connectivity index (χ4v) is 3.80. The maximum Gasteiger partial charge on any atom is 0.416 e. The Bertz CT molecular complexity index is 1000. The van der Waals surface area contributed by atoms with Crippen molar-refractivity contribution in [2.45, 2.75) is 18.8 Å². The molecule has 2 aliphatic rings. The minimum atomic E-state index is -4.60. The number of halogens is 3. The minimum absolute atomic E-state index is 0.135. The van der Waals surface area contributed by atoms with Crippen molar-refractivity contribution < 1.29 is 22.8 Å². The molecule has 2 aromatic carbocycles. The van der Waals surface area contributed by atoms with Gasteiger partial charge < -0.3 is 10.2 Å². The van der Waals surface area contributed by atoms with Crippen LogP contribution in [0, 0.1) is 0 Å². The molecule has 0 unspecified atom stereocenters. The van der Waals surface area contributed by atoms with E-state index in [1.165, 1.54) is 30.1 Å². The number of benzene rings is 2. The molecule has 1 atom stereocenters. The molecular formula is C21H18F3N3O2. The number of carbonyl (C=O) groups is 2. The van der Waals surface area contributed by atoms with Crippen molar-refractivity contribution in [2.24, 2.45) is 0 Å². The van der Waals surface area contributed by atoms with Crippen LogP contribution in [0.25, 0.3) is 0 Å². The Labute approximate surface area is 165 Å². The smallest absolute Gasteiger partial charge is 0.329 e. The highest BCUT2D eigenvalue weighted by Crippen LogP contribution is 2.41. The van der Waals surface area contributed by atoms with Crippen LogP contribution in [-0.2, 0) is 17.5 Å². The fourth-order valence-electron chi connectivity index (χ4n) is 3.80. The van der Waals surface area contributed by atoms with Crippen LogP contribution in [0.15, 0.2) is 65.9 Å². The summed E-state index contributed by atoms with van der Waals surface area (Å²) < 4.78 is 40.6. The Kier molecular flexibility index (Phi) is 4.56. The summed E-state index contributed by atoms with van der Waals surface area (Å²) in [7, 11) is 1.51. The highest BCUT2D eigenvalue weighted by molar-refractivity contribution is 6.01. The summed E-state index contributed by atoms with van der Waals surface area (Å²) in [6.07, 6.45) is -4.60. The second-order valence-electron chi connectivity index (χ2n) is 7.03. The van der Waals surface area contributed by atoms with Crippen LogP contribution in [-0.4, -0.2) is 35.3 Å². The summed E-state index contributed by atoms with van der Waals surface area (Å²) in [4.78, 5) is 28.4. The van der Waals surface area contributed by atoms with Gasteiger partial charge in [0.2, 0.25) is 0 Å². The highest BCUT2D eigenvalue weighted by Gasteiger charge is 2.45. The van der Waals surface area contributed by atoms with Gasteiger partial charge in [0.15, 0.2) is 0 Å². The summed E-state index contributed by atoms with van der Waals surface area (Å²) >= 11 is 0. The van der Waals surface area contributed by atoms with E-state index in [1.807, 2.05) is 30.3 Å².